The van der Waals surface area contributed by atoms with Crippen LogP contribution in [0.1, 0.15) is 42.9 Å². The lowest BCUT2D eigenvalue weighted by Crippen LogP contribution is -2.30. The number of carbonyl (C=O) groups excluding carboxylic acids is 1. The van der Waals surface area contributed by atoms with Gasteiger partial charge < -0.3 is 30.1 Å². The molecule has 2 heterocycles. The van der Waals surface area contributed by atoms with Gasteiger partial charge in [-0.05, 0) is 67.8 Å². The van der Waals surface area contributed by atoms with Gasteiger partial charge in [0.25, 0.3) is 5.56 Å². The summed E-state index contributed by atoms with van der Waals surface area (Å²) in [5.41, 5.74) is 1.06. The van der Waals surface area contributed by atoms with Crippen molar-refractivity contribution in [2.24, 2.45) is 0 Å². The third-order valence-electron chi connectivity index (χ3n) is 6.22. The maximum atomic E-state index is 13.5. The van der Waals surface area contributed by atoms with E-state index in [1.807, 2.05) is 13.8 Å². The lowest BCUT2D eigenvalue weighted by Gasteiger charge is -2.21. The van der Waals surface area contributed by atoms with Gasteiger partial charge in [-0.1, -0.05) is 18.2 Å². The summed E-state index contributed by atoms with van der Waals surface area (Å²) in [6.45, 7) is 4.03. The summed E-state index contributed by atoms with van der Waals surface area (Å²) in [5, 5.41) is 32.9. The number of hydrogen-bond donors (Lipinski definition) is 4. The van der Waals surface area contributed by atoms with Crippen molar-refractivity contribution in [1.29, 1.82) is 0 Å². The van der Waals surface area contributed by atoms with Gasteiger partial charge in [-0.25, -0.2) is 0 Å². The number of aromatic nitrogens is 2. The second-order valence-corrected chi connectivity index (χ2v) is 9.34. The molecule has 2 aromatic carbocycles. The van der Waals surface area contributed by atoms with Crippen LogP contribution < -0.4 is 20.3 Å². The highest BCUT2D eigenvalue weighted by Gasteiger charge is 2.27. The smallest absolute Gasteiger partial charge is 0.265 e. The zero-order valence-corrected chi connectivity index (χ0v) is 21.9. The average Bonchev–Trinajstić information content (AvgIpc) is 2.90. The predicted molar refractivity (Wildman–Crippen MR) is 145 cm³/mol. The molecular weight excluding hydrogens is 502 g/mol. The SMILES string of the molecule is COc1cc([C@H](CC(=O)NCCc2ccc(O)c(O)c2)c2c(O)nc3ccccn3c2=O)ccc1OC(C)C. The Hall–Kier alpha value is -4.73. The van der Waals surface area contributed by atoms with Crippen LogP contribution in [-0.4, -0.2) is 50.4 Å². The number of hydrogen-bond acceptors (Lipinski definition) is 8. The maximum absolute atomic E-state index is 13.5. The summed E-state index contributed by atoms with van der Waals surface area (Å²) in [7, 11) is 1.50. The van der Waals surface area contributed by atoms with Gasteiger partial charge in [0.1, 0.15) is 5.65 Å². The summed E-state index contributed by atoms with van der Waals surface area (Å²) in [6.07, 6.45) is 1.71. The number of aromatic hydroxyl groups is 3. The van der Waals surface area contributed by atoms with Crippen molar-refractivity contribution in [3.63, 3.8) is 0 Å². The van der Waals surface area contributed by atoms with E-state index >= 15 is 0 Å². The van der Waals surface area contributed by atoms with Gasteiger partial charge in [-0.2, -0.15) is 4.98 Å². The molecule has 0 saturated heterocycles. The minimum absolute atomic E-state index is 0.0168. The highest BCUT2D eigenvalue weighted by atomic mass is 16.5. The Labute approximate surface area is 225 Å². The number of carbonyl (C=O) groups is 1. The van der Waals surface area contributed by atoms with Crippen molar-refractivity contribution < 1.29 is 29.6 Å². The molecule has 0 spiro atoms. The van der Waals surface area contributed by atoms with E-state index in [0.717, 1.165) is 5.56 Å². The molecule has 1 atom stereocenters. The van der Waals surface area contributed by atoms with E-state index in [0.29, 0.717) is 23.5 Å². The number of amides is 1. The largest absolute Gasteiger partial charge is 0.504 e. The molecule has 0 bridgehead atoms. The van der Waals surface area contributed by atoms with E-state index in [4.69, 9.17) is 9.47 Å². The zero-order valence-electron chi connectivity index (χ0n) is 21.9. The van der Waals surface area contributed by atoms with E-state index in [2.05, 4.69) is 10.3 Å². The first kappa shape index (κ1) is 27.3. The molecule has 0 unspecified atom stereocenters. The van der Waals surface area contributed by atoms with Crippen LogP contribution >= 0.6 is 0 Å². The van der Waals surface area contributed by atoms with Crippen molar-refractivity contribution in [3.8, 4) is 28.9 Å². The number of ether oxygens (including phenoxy) is 2. The summed E-state index contributed by atoms with van der Waals surface area (Å²) < 4.78 is 12.6. The molecule has 10 nitrogen and oxygen atoms in total. The molecule has 4 N–H and O–H groups in total. The summed E-state index contributed by atoms with van der Waals surface area (Å²) in [4.78, 5) is 30.8. The number of nitrogens with one attached hydrogen (secondary N) is 1. The lowest BCUT2D eigenvalue weighted by molar-refractivity contribution is -0.121. The Bertz CT molecular complexity index is 1550. The van der Waals surface area contributed by atoms with Crippen LogP contribution in [0.3, 0.4) is 0 Å². The molecule has 1 amide bonds. The van der Waals surface area contributed by atoms with Crippen LogP contribution in [0, 0.1) is 0 Å². The van der Waals surface area contributed by atoms with Gasteiger partial charge in [0, 0.05) is 25.1 Å². The van der Waals surface area contributed by atoms with E-state index in [-0.39, 0.29) is 47.7 Å². The first-order valence-corrected chi connectivity index (χ1v) is 12.5. The Balaban J connectivity index is 1.66. The number of phenolic OH excluding ortho intramolecular Hbond substituents is 2. The fourth-order valence-corrected chi connectivity index (χ4v) is 4.36. The molecule has 0 fully saturated rings. The highest BCUT2D eigenvalue weighted by molar-refractivity contribution is 5.78. The molecule has 0 radical (unpaired) electrons. The van der Waals surface area contributed by atoms with Crippen molar-refractivity contribution in [2.75, 3.05) is 13.7 Å². The Kier molecular flexibility index (Phi) is 8.24. The summed E-state index contributed by atoms with van der Waals surface area (Å²) in [6, 6.07) is 14.6. The van der Waals surface area contributed by atoms with Gasteiger partial charge in [0.15, 0.2) is 23.0 Å². The second-order valence-electron chi connectivity index (χ2n) is 9.34. The number of rotatable bonds is 10. The molecule has 0 aliphatic rings. The van der Waals surface area contributed by atoms with E-state index in [1.54, 1.807) is 48.7 Å². The molecule has 204 valence electrons. The fraction of sp³-hybridized carbons (Fsp3) is 0.276. The molecule has 0 aliphatic heterocycles. The summed E-state index contributed by atoms with van der Waals surface area (Å²) >= 11 is 0. The quantitative estimate of drug-likeness (QED) is 0.227. The van der Waals surface area contributed by atoms with Gasteiger partial charge in [-0.3, -0.25) is 14.0 Å². The van der Waals surface area contributed by atoms with Gasteiger partial charge >= 0.3 is 0 Å². The maximum Gasteiger partial charge on any atom is 0.265 e. The van der Waals surface area contributed by atoms with Gasteiger partial charge in [-0.15, -0.1) is 0 Å². The number of methoxy groups -OCH3 is 1. The minimum atomic E-state index is -0.846. The molecule has 4 rings (SSSR count). The van der Waals surface area contributed by atoms with Gasteiger partial charge in [0.2, 0.25) is 11.8 Å². The van der Waals surface area contributed by atoms with Crippen LogP contribution in [-0.2, 0) is 11.2 Å². The van der Waals surface area contributed by atoms with Crippen molar-refractivity contribution >= 4 is 11.6 Å². The molecule has 10 heteroatoms. The molecule has 0 aliphatic carbocycles. The Morgan fingerprint density at radius 2 is 1.82 bits per heavy atom. The third-order valence-corrected chi connectivity index (χ3v) is 6.22. The Morgan fingerprint density at radius 1 is 1.03 bits per heavy atom. The molecule has 2 aromatic heterocycles. The molecule has 39 heavy (non-hydrogen) atoms. The third kappa shape index (κ3) is 6.23. The van der Waals surface area contributed by atoms with Gasteiger partial charge in [0.05, 0.1) is 18.8 Å². The van der Waals surface area contributed by atoms with Crippen LogP contribution in [0.25, 0.3) is 5.65 Å². The monoisotopic (exact) mass is 533 g/mol. The van der Waals surface area contributed by atoms with Crippen molar-refractivity contribution in [1.82, 2.24) is 14.7 Å². The zero-order chi connectivity index (χ0) is 28.1. The number of fused-ring (bicyclic) bond motifs is 1. The highest BCUT2D eigenvalue weighted by Crippen LogP contribution is 2.37. The number of benzene rings is 2. The molecular formula is C29H31N3O7. The van der Waals surface area contributed by atoms with Crippen molar-refractivity contribution in [3.05, 3.63) is 87.8 Å². The standard InChI is InChI=1S/C29H31N3O7/c1-17(2)39-23-10-8-19(15-24(23)38-3)20(27-28(36)31-25-6-4-5-13-32(25)29(27)37)16-26(35)30-12-11-18-7-9-21(33)22(34)14-18/h4-10,13-15,17,20,33-34,36H,11-12,16H2,1-3H3,(H,30,35)/t20-/m0/s1. The number of nitrogens with zero attached hydrogens (tertiary/aromatic N) is 2. The van der Waals surface area contributed by atoms with E-state index in [1.165, 1.54) is 23.6 Å². The van der Waals surface area contributed by atoms with Crippen molar-refractivity contribution in [2.45, 2.75) is 38.7 Å². The second kappa shape index (κ2) is 11.8. The van der Waals surface area contributed by atoms with Crippen LogP contribution in [0.15, 0.2) is 65.6 Å². The normalized spacial score (nSPS) is 11.9. The topological polar surface area (TPSA) is 143 Å². The van der Waals surface area contributed by atoms with Crippen LogP contribution in [0.4, 0.5) is 0 Å². The predicted octanol–water partition coefficient (Wildman–Crippen LogP) is 3.49. The first-order chi connectivity index (χ1) is 18.7. The lowest BCUT2D eigenvalue weighted by atomic mass is 9.88. The van der Waals surface area contributed by atoms with Crippen LogP contribution in [0.2, 0.25) is 0 Å². The number of phenols is 2. The van der Waals surface area contributed by atoms with Crippen LogP contribution in [0.5, 0.6) is 28.9 Å². The molecule has 4 aromatic rings. The average molecular weight is 534 g/mol. The Morgan fingerprint density at radius 3 is 2.54 bits per heavy atom. The summed E-state index contributed by atoms with van der Waals surface area (Å²) in [5.74, 6) is -1.19. The first-order valence-electron chi connectivity index (χ1n) is 12.5. The van der Waals surface area contributed by atoms with E-state index < -0.39 is 17.4 Å². The minimum Gasteiger partial charge on any atom is -0.504 e. The number of pyridine rings is 1. The molecule has 0 saturated carbocycles. The fourth-order valence-electron chi connectivity index (χ4n) is 4.36. The van der Waals surface area contributed by atoms with E-state index in [9.17, 15) is 24.9 Å².